The maximum atomic E-state index is 14.3. The van der Waals surface area contributed by atoms with Crippen LogP contribution in [-0.2, 0) is 26.7 Å². The summed E-state index contributed by atoms with van der Waals surface area (Å²) >= 11 is 0. The van der Waals surface area contributed by atoms with Crippen molar-refractivity contribution in [2.75, 3.05) is 12.0 Å². The summed E-state index contributed by atoms with van der Waals surface area (Å²) in [5.74, 6) is 0.620. The Labute approximate surface area is 266 Å². The number of amides is 2. The van der Waals surface area contributed by atoms with Gasteiger partial charge >= 0.3 is 0 Å². The number of carbonyl (C=O) groups is 2. The minimum Gasteiger partial charge on any atom is -0.457 e. The number of imide groups is 1. The van der Waals surface area contributed by atoms with E-state index in [2.05, 4.69) is 93.5 Å². The average molecular weight is 605 g/mol. The minimum absolute atomic E-state index is 0.151. The van der Waals surface area contributed by atoms with Gasteiger partial charge in [0, 0.05) is 21.9 Å². The van der Waals surface area contributed by atoms with Gasteiger partial charge in [0.25, 0.3) is 11.8 Å². The van der Waals surface area contributed by atoms with Crippen molar-refractivity contribution in [1.82, 2.24) is 5.06 Å². The van der Waals surface area contributed by atoms with E-state index in [-0.39, 0.29) is 33.7 Å². The number of ether oxygens (including phenoxy) is 1. The zero-order valence-corrected chi connectivity index (χ0v) is 28.4. The van der Waals surface area contributed by atoms with Gasteiger partial charge in [0.1, 0.15) is 11.5 Å². The van der Waals surface area contributed by atoms with E-state index < -0.39 is 0 Å². The Bertz CT molecular complexity index is 1870. The number of anilines is 1. The maximum Gasteiger partial charge on any atom is 0.265 e. The molecule has 2 amide bonds. The van der Waals surface area contributed by atoms with Gasteiger partial charge in [0.05, 0.1) is 23.9 Å². The second kappa shape index (κ2) is 10.0. The quantitative estimate of drug-likeness (QED) is 0.217. The van der Waals surface area contributed by atoms with E-state index in [1.54, 1.807) is 19.2 Å². The molecule has 0 unspecified atom stereocenters. The first-order chi connectivity index (χ1) is 20.9. The molecule has 6 heteroatoms. The van der Waals surface area contributed by atoms with E-state index in [9.17, 15) is 9.59 Å². The fraction of sp³-hybridized carbons (Fsp3) is 0.385. The fourth-order valence-corrected chi connectivity index (χ4v) is 7.32. The van der Waals surface area contributed by atoms with Crippen LogP contribution >= 0.6 is 0 Å². The molecule has 0 fully saturated rings. The highest BCUT2D eigenvalue weighted by atomic mass is 16.7. The zero-order valence-electron chi connectivity index (χ0n) is 28.4. The van der Waals surface area contributed by atoms with Crippen LogP contribution in [0.15, 0.2) is 66.7 Å². The van der Waals surface area contributed by atoms with Crippen molar-refractivity contribution in [2.45, 2.75) is 91.1 Å². The van der Waals surface area contributed by atoms with Crippen LogP contribution in [0.25, 0.3) is 10.8 Å². The lowest BCUT2D eigenvalue weighted by Crippen LogP contribution is -2.44. The molecule has 0 saturated heterocycles. The van der Waals surface area contributed by atoms with Crippen LogP contribution < -0.4 is 9.64 Å². The van der Waals surface area contributed by atoms with Crippen LogP contribution in [0.3, 0.4) is 0 Å². The van der Waals surface area contributed by atoms with E-state index in [0.717, 1.165) is 22.1 Å². The smallest absolute Gasteiger partial charge is 0.265 e. The van der Waals surface area contributed by atoms with Gasteiger partial charge in [-0.3, -0.25) is 9.59 Å². The molecule has 4 aromatic rings. The van der Waals surface area contributed by atoms with Gasteiger partial charge < -0.3 is 9.57 Å². The number of rotatable bonds is 4. The first-order valence-electron chi connectivity index (χ1n) is 15.7. The van der Waals surface area contributed by atoms with Crippen LogP contribution in [0.1, 0.15) is 112 Å². The molecule has 0 N–H and O–H groups in total. The van der Waals surface area contributed by atoms with Crippen molar-refractivity contribution in [3.63, 3.8) is 0 Å². The Hall–Kier alpha value is -4.00. The molecule has 0 aliphatic carbocycles. The second-order valence-corrected chi connectivity index (χ2v) is 15.4. The van der Waals surface area contributed by atoms with E-state index in [1.807, 2.05) is 35.4 Å². The summed E-state index contributed by atoms with van der Waals surface area (Å²) in [6.45, 7) is 21.3. The first-order valence-corrected chi connectivity index (χ1v) is 15.7. The van der Waals surface area contributed by atoms with Gasteiger partial charge in [-0.15, -0.1) is 0 Å². The molecular formula is C39H44N2O4. The Morgan fingerprint density at radius 2 is 1.33 bits per heavy atom. The van der Waals surface area contributed by atoms with Crippen LogP contribution in [0, 0.1) is 0 Å². The maximum absolute atomic E-state index is 14.3. The SMILES string of the molecule is CON1C(C)(C)c2ccc(Oc3ccc4c5c(cccc35)C(=O)N(c3cc(C(C)(C)C)ccc3C(C)(C)C)C4=O)cc2C1(C)C. The summed E-state index contributed by atoms with van der Waals surface area (Å²) in [5.41, 5.74) is 4.82. The monoisotopic (exact) mass is 604 g/mol. The summed E-state index contributed by atoms with van der Waals surface area (Å²) < 4.78 is 6.53. The van der Waals surface area contributed by atoms with E-state index >= 15 is 0 Å². The van der Waals surface area contributed by atoms with E-state index in [1.165, 1.54) is 10.5 Å². The molecule has 45 heavy (non-hydrogen) atoms. The molecule has 0 radical (unpaired) electrons. The molecule has 0 aromatic heterocycles. The number of hydrogen-bond donors (Lipinski definition) is 0. The lowest BCUT2D eigenvalue weighted by Gasteiger charge is -2.38. The molecule has 2 aliphatic heterocycles. The Kier molecular flexibility index (Phi) is 6.89. The third-order valence-corrected chi connectivity index (χ3v) is 9.52. The lowest BCUT2D eigenvalue weighted by atomic mass is 9.80. The molecule has 6 rings (SSSR count). The summed E-state index contributed by atoms with van der Waals surface area (Å²) in [5, 5.41) is 3.37. The van der Waals surface area contributed by atoms with Crippen molar-refractivity contribution in [3.8, 4) is 11.5 Å². The molecular weight excluding hydrogens is 560 g/mol. The van der Waals surface area contributed by atoms with Crippen LogP contribution in [0.2, 0.25) is 0 Å². The highest BCUT2D eigenvalue weighted by Crippen LogP contribution is 2.51. The number of carbonyl (C=O) groups excluding carboxylic acids is 2. The highest BCUT2D eigenvalue weighted by molar-refractivity contribution is 6.36. The Morgan fingerprint density at radius 1 is 0.689 bits per heavy atom. The topological polar surface area (TPSA) is 59.1 Å². The number of hydroxylamine groups is 2. The summed E-state index contributed by atoms with van der Waals surface area (Å²) in [7, 11) is 1.71. The largest absolute Gasteiger partial charge is 0.457 e. The van der Waals surface area contributed by atoms with Gasteiger partial charge in [0.15, 0.2) is 0 Å². The Balaban J connectivity index is 1.45. The van der Waals surface area contributed by atoms with Gasteiger partial charge in [-0.25, -0.2) is 4.90 Å². The van der Waals surface area contributed by atoms with Crippen LogP contribution in [-0.4, -0.2) is 24.0 Å². The van der Waals surface area contributed by atoms with Crippen molar-refractivity contribution in [3.05, 3.63) is 100 Å². The highest BCUT2D eigenvalue weighted by Gasteiger charge is 2.50. The Morgan fingerprint density at radius 3 is 1.96 bits per heavy atom. The van der Waals surface area contributed by atoms with Gasteiger partial charge in [-0.1, -0.05) is 71.9 Å². The van der Waals surface area contributed by atoms with Gasteiger partial charge in [0.2, 0.25) is 0 Å². The molecule has 2 aliphatic rings. The number of benzene rings is 4. The fourth-order valence-electron chi connectivity index (χ4n) is 7.32. The van der Waals surface area contributed by atoms with Crippen LogP contribution in [0.5, 0.6) is 11.5 Å². The predicted octanol–water partition coefficient (Wildman–Crippen LogP) is 9.37. The number of nitrogens with zero attached hydrogens (tertiary/aromatic N) is 2. The third-order valence-electron chi connectivity index (χ3n) is 9.52. The van der Waals surface area contributed by atoms with Crippen molar-refractivity contribution in [1.29, 1.82) is 0 Å². The standard InChI is InChI=1S/C39H44N2O4/c1-36(2,3)23-15-18-29(37(4,5)6)31(21-23)40-34(42)26-14-12-13-25-32(20-17-27(33(25)26)35(40)43)45-24-16-19-28-30(22-24)39(9,10)41(44-11)38(28,7)8/h12-22H,1-11H3. The van der Waals surface area contributed by atoms with E-state index in [0.29, 0.717) is 33.7 Å². The molecule has 4 aromatic carbocycles. The minimum atomic E-state index is -0.370. The lowest BCUT2D eigenvalue weighted by molar-refractivity contribution is -0.241. The zero-order chi connectivity index (χ0) is 32.9. The molecule has 0 atom stereocenters. The van der Waals surface area contributed by atoms with Crippen molar-refractivity contribution >= 4 is 28.3 Å². The van der Waals surface area contributed by atoms with Crippen molar-refractivity contribution in [2.24, 2.45) is 0 Å². The predicted molar refractivity (Wildman–Crippen MR) is 180 cm³/mol. The second-order valence-electron chi connectivity index (χ2n) is 15.4. The van der Waals surface area contributed by atoms with Gasteiger partial charge in [-0.2, -0.15) is 5.06 Å². The molecule has 2 heterocycles. The average Bonchev–Trinajstić information content (AvgIpc) is 3.10. The molecule has 234 valence electrons. The molecule has 0 saturated carbocycles. The summed E-state index contributed by atoms with van der Waals surface area (Å²) in [6, 6.07) is 21.5. The first kappa shape index (κ1) is 31.0. The normalized spacial score (nSPS) is 17.6. The van der Waals surface area contributed by atoms with Gasteiger partial charge in [-0.05, 0) is 97.2 Å². The third kappa shape index (κ3) is 4.69. The summed E-state index contributed by atoms with van der Waals surface area (Å²) in [4.78, 5) is 35.8. The molecule has 6 nitrogen and oxygen atoms in total. The summed E-state index contributed by atoms with van der Waals surface area (Å²) in [6.07, 6.45) is 0. The number of hydrogen-bond acceptors (Lipinski definition) is 5. The van der Waals surface area contributed by atoms with Crippen molar-refractivity contribution < 1.29 is 19.2 Å². The van der Waals surface area contributed by atoms with E-state index in [4.69, 9.17) is 9.57 Å². The molecule has 0 spiro atoms. The number of fused-ring (bicyclic) bond motifs is 1. The molecule has 0 bridgehead atoms. The van der Waals surface area contributed by atoms with Crippen LogP contribution in [0.4, 0.5) is 5.69 Å².